The van der Waals surface area contributed by atoms with Gasteiger partial charge in [0.15, 0.2) is 5.58 Å². The quantitative estimate of drug-likeness (QED) is 0.698. The summed E-state index contributed by atoms with van der Waals surface area (Å²) in [4.78, 5) is 14.0. The van der Waals surface area contributed by atoms with Crippen LogP contribution in [0.2, 0.25) is 0 Å². The lowest BCUT2D eigenvalue weighted by Gasteiger charge is -2.30. The van der Waals surface area contributed by atoms with Crippen molar-refractivity contribution in [2.24, 2.45) is 0 Å². The molecule has 6 nitrogen and oxygen atoms in total. The van der Waals surface area contributed by atoms with Gasteiger partial charge in [0.2, 0.25) is 11.5 Å². The van der Waals surface area contributed by atoms with Gasteiger partial charge in [-0.3, -0.25) is 0 Å². The van der Waals surface area contributed by atoms with E-state index in [0.29, 0.717) is 29.2 Å². The summed E-state index contributed by atoms with van der Waals surface area (Å²) in [7, 11) is 0. The number of para-hydroxylation sites is 1. The normalized spacial score (nSPS) is 22.1. The number of ether oxygens (including phenoxy) is 1. The molecule has 0 unspecified atom stereocenters. The minimum Gasteiger partial charge on any atom is -0.439 e. The molecule has 3 aromatic rings. The van der Waals surface area contributed by atoms with Crippen LogP contribution in [0.4, 0.5) is 6.01 Å². The van der Waals surface area contributed by atoms with Gasteiger partial charge >= 0.3 is 0 Å². The molecule has 1 aromatic carbocycles. The first-order chi connectivity index (χ1) is 12.3. The zero-order valence-corrected chi connectivity index (χ0v) is 15.2. The SMILES string of the molecule is Cl.c1ccc(Oc2ccc3oc(N4CCN5CCC4CC5)nc3n2)cc1. The molecule has 3 fully saturated rings. The van der Waals surface area contributed by atoms with Crippen LogP contribution in [0.3, 0.4) is 0 Å². The van der Waals surface area contributed by atoms with Crippen molar-refractivity contribution in [3.63, 3.8) is 0 Å². The van der Waals surface area contributed by atoms with Crippen LogP contribution < -0.4 is 9.64 Å². The predicted molar refractivity (Wildman–Crippen MR) is 102 cm³/mol. The smallest absolute Gasteiger partial charge is 0.300 e. The fourth-order valence-corrected chi connectivity index (χ4v) is 3.72. The summed E-state index contributed by atoms with van der Waals surface area (Å²) in [6.07, 6.45) is 2.35. The number of anilines is 1. The minimum absolute atomic E-state index is 0. The van der Waals surface area contributed by atoms with Gasteiger partial charge in [0.1, 0.15) is 5.75 Å². The van der Waals surface area contributed by atoms with Crippen LogP contribution >= 0.6 is 12.4 Å². The molecule has 26 heavy (non-hydrogen) atoms. The monoisotopic (exact) mass is 372 g/mol. The number of benzene rings is 1. The highest BCUT2D eigenvalue weighted by Gasteiger charge is 2.31. The molecule has 0 saturated carbocycles. The van der Waals surface area contributed by atoms with Crippen LogP contribution in [0, 0.1) is 0 Å². The average molecular weight is 373 g/mol. The standard InChI is InChI=1S/C19H20N4O2.ClH/c1-2-4-15(5-3-1)24-17-7-6-16-18(20-17)21-19(25-16)23-13-12-22-10-8-14(23)9-11-22;/h1-7,14H,8-13H2;1H. The fraction of sp³-hybridized carbons (Fsp3) is 0.368. The molecule has 0 aliphatic carbocycles. The molecule has 3 aliphatic rings. The lowest BCUT2D eigenvalue weighted by atomic mass is 10.1. The number of halogens is 1. The summed E-state index contributed by atoms with van der Waals surface area (Å²) in [5.74, 6) is 1.29. The van der Waals surface area contributed by atoms with Gasteiger partial charge in [0.25, 0.3) is 6.01 Å². The second kappa shape index (κ2) is 7.13. The molecule has 0 N–H and O–H groups in total. The highest BCUT2D eigenvalue weighted by atomic mass is 35.5. The van der Waals surface area contributed by atoms with E-state index in [1.807, 2.05) is 42.5 Å². The molecule has 2 bridgehead atoms. The summed E-state index contributed by atoms with van der Waals surface area (Å²) < 4.78 is 11.8. The largest absolute Gasteiger partial charge is 0.439 e. The van der Waals surface area contributed by atoms with E-state index >= 15 is 0 Å². The zero-order valence-electron chi connectivity index (χ0n) is 14.4. The van der Waals surface area contributed by atoms with Crippen molar-refractivity contribution in [2.45, 2.75) is 18.9 Å². The van der Waals surface area contributed by atoms with Gasteiger partial charge < -0.3 is 19.0 Å². The summed E-state index contributed by atoms with van der Waals surface area (Å²) in [5.41, 5.74) is 1.30. The Morgan fingerprint density at radius 3 is 2.54 bits per heavy atom. The van der Waals surface area contributed by atoms with Crippen molar-refractivity contribution >= 4 is 29.7 Å². The molecule has 3 aliphatic heterocycles. The van der Waals surface area contributed by atoms with E-state index in [1.165, 1.54) is 25.9 Å². The highest BCUT2D eigenvalue weighted by Crippen LogP contribution is 2.30. The molecule has 2 aromatic heterocycles. The fourth-order valence-electron chi connectivity index (χ4n) is 3.72. The topological polar surface area (TPSA) is 54.6 Å². The first-order valence-corrected chi connectivity index (χ1v) is 8.85. The Balaban J connectivity index is 0.00000168. The van der Waals surface area contributed by atoms with E-state index in [9.17, 15) is 0 Å². The van der Waals surface area contributed by atoms with Gasteiger partial charge in [0.05, 0.1) is 0 Å². The van der Waals surface area contributed by atoms with Gasteiger partial charge in [-0.2, -0.15) is 9.97 Å². The van der Waals surface area contributed by atoms with Crippen LogP contribution in [0.5, 0.6) is 11.6 Å². The van der Waals surface area contributed by atoms with Crippen LogP contribution in [-0.4, -0.2) is 47.1 Å². The number of hydrogen-bond donors (Lipinski definition) is 0. The Kier molecular flexibility index (Phi) is 4.70. The first-order valence-electron chi connectivity index (χ1n) is 8.85. The Bertz CT molecular complexity index is 878. The summed E-state index contributed by atoms with van der Waals surface area (Å²) in [5, 5.41) is 0. The average Bonchev–Trinajstić information content (AvgIpc) is 2.83. The van der Waals surface area contributed by atoms with E-state index in [-0.39, 0.29) is 12.4 Å². The molecule has 0 amide bonds. The van der Waals surface area contributed by atoms with E-state index < -0.39 is 0 Å². The zero-order chi connectivity index (χ0) is 16.6. The Morgan fingerprint density at radius 2 is 1.73 bits per heavy atom. The van der Waals surface area contributed by atoms with Crippen molar-refractivity contribution in [2.75, 3.05) is 31.1 Å². The van der Waals surface area contributed by atoms with Crippen LogP contribution in [0.25, 0.3) is 11.2 Å². The lowest BCUT2D eigenvalue weighted by Crippen LogP contribution is -2.38. The molecule has 136 valence electrons. The first kappa shape index (κ1) is 17.1. The molecule has 5 heterocycles. The highest BCUT2D eigenvalue weighted by molar-refractivity contribution is 5.85. The number of fused-ring (bicyclic) bond motifs is 5. The molecule has 0 radical (unpaired) electrons. The van der Waals surface area contributed by atoms with Crippen molar-refractivity contribution in [3.8, 4) is 11.6 Å². The number of aromatic nitrogens is 2. The van der Waals surface area contributed by atoms with E-state index in [0.717, 1.165) is 18.8 Å². The van der Waals surface area contributed by atoms with Gasteiger partial charge in [-0.25, -0.2) is 0 Å². The Hall–Kier alpha value is -2.31. The third-order valence-corrected chi connectivity index (χ3v) is 5.08. The maximum Gasteiger partial charge on any atom is 0.300 e. The number of nitrogens with zero attached hydrogens (tertiary/aromatic N) is 4. The number of hydrogen-bond acceptors (Lipinski definition) is 6. The molecule has 0 atom stereocenters. The third-order valence-electron chi connectivity index (χ3n) is 5.08. The van der Waals surface area contributed by atoms with Crippen molar-refractivity contribution in [1.29, 1.82) is 0 Å². The third kappa shape index (κ3) is 3.22. The molecular weight excluding hydrogens is 352 g/mol. The van der Waals surface area contributed by atoms with E-state index in [1.54, 1.807) is 0 Å². The second-order valence-corrected chi connectivity index (χ2v) is 6.65. The maximum atomic E-state index is 6.00. The van der Waals surface area contributed by atoms with Crippen LogP contribution in [0.15, 0.2) is 46.9 Å². The Morgan fingerprint density at radius 1 is 0.923 bits per heavy atom. The summed E-state index contributed by atoms with van der Waals surface area (Å²) >= 11 is 0. The molecule has 3 saturated heterocycles. The van der Waals surface area contributed by atoms with Gasteiger partial charge in [0, 0.05) is 38.3 Å². The molecule has 6 rings (SSSR count). The van der Waals surface area contributed by atoms with Crippen LogP contribution in [-0.2, 0) is 0 Å². The summed E-state index contributed by atoms with van der Waals surface area (Å²) in [6, 6.07) is 14.6. The van der Waals surface area contributed by atoms with E-state index in [4.69, 9.17) is 9.15 Å². The van der Waals surface area contributed by atoms with E-state index in [2.05, 4.69) is 19.8 Å². The Labute approximate surface area is 158 Å². The molecule has 0 spiro atoms. The predicted octanol–water partition coefficient (Wildman–Crippen LogP) is 3.72. The lowest BCUT2D eigenvalue weighted by molar-refractivity contribution is 0.249. The number of oxazole rings is 1. The summed E-state index contributed by atoms with van der Waals surface area (Å²) in [6.45, 7) is 4.39. The van der Waals surface area contributed by atoms with Gasteiger partial charge in [-0.15, -0.1) is 12.4 Å². The van der Waals surface area contributed by atoms with Crippen molar-refractivity contribution in [3.05, 3.63) is 42.5 Å². The number of pyridine rings is 1. The van der Waals surface area contributed by atoms with Gasteiger partial charge in [-0.05, 0) is 31.0 Å². The van der Waals surface area contributed by atoms with Crippen molar-refractivity contribution in [1.82, 2.24) is 14.9 Å². The second-order valence-electron chi connectivity index (χ2n) is 6.65. The minimum atomic E-state index is 0. The number of piperidine rings is 1. The molecular formula is C19H21ClN4O2. The maximum absolute atomic E-state index is 6.00. The van der Waals surface area contributed by atoms with Gasteiger partial charge in [-0.1, -0.05) is 18.2 Å². The van der Waals surface area contributed by atoms with Crippen molar-refractivity contribution < 1.29 is 9.15 Å². The number of rotatable bonds is 3. The van der Waals surface area contributed by atoms with Crippen LogP contribution in [0.1, 0.15) is 12.8 Å². The molecule has 7 heteroatoms.